The van der Waals surface area contributed by atoms with Crippen LogP contribution in [0.5, 0.6) is 0 Å². The highest BCUT2D eigenvalue weighted by Crippen LogP contribution is 1.91. The molecule has 0 aromatic heterocycles. The van der Waals surface area contributed by atoms with Gasteiger partial charge in [0.1, 0.15) is 0 Å². The Morgan fingerprint density at radius 1 is 1.42 bits per heavy atom. The van der Waals surface area contributed by atoms with E-state index in [1.54, 1.807) is 14.1 Å². The second kappa shape index (κ2) is 6.14. The summed E-state index contributed by atoms with van der Waals surface area (Å²) in [6.45, 7) is 0.419. The highest BCUT2D eigenvalue weighted by atomic mass is 32.2. The maximum absolute atomic E-state index is 11.0. The van der Waals surface area contributed by atoms with Crippen molar-refractivity contribution in [1.82, 2.24) is 4.90 Å². The van der Waals surface area contributed by atoms with Gasteiger partial charge in [0.05, 0.1) is 0 Å². The second-order valence-corrected chi connectivity index (χ2v) is 4.37. The van der Waals surface area contributed by atoms with Crippen molar-refractivity contribution in [2.45, 2.75) is 6.42 Å². The van der Waals surface area contributed by atoms with Gasteiger partial charge in [0.2, 0.25) is 5.91 Å². The highest BCUT2D eigenvalue weighted by molar-refractivity contribution is 7.85. The number of nitrogens with zero attached hydrogens (tertiary/aromatic N) is 1. The molecule has 1 unspecified atom stereocenters. The molecule has 0 spiro atoms. The van der Waals surface area contributed by atoms with E-state index in [0.29, 0.717) is 24.5 Å². The normalized spacial score (nSPS) is 12.6. The van der Waals surface area contributed by atoms with E-state index >= 15 is 0 Å². The molecule has 0 aliphatic rings. The fourth-order valence-electron chi connectivity index (χ4n) is 0.658. The van der Waals surface area contributed by atoms with E-state index in [-0.39, 0.29) is 5.91 Å². The van der Waals surface area contributed by atoms with Crippen molar-refractivity contribution in [3.05, 3.63) is 0 Å². The summed E-state index contributed by atoms with van der Waals surface area (Å²) in [4.78, 5) is 12.5. The molecule has 0 radical (unpaired) electrons. The molecular weight excluding hydrogens is 176 g/mol. The molecule has 0 saturated carbocycles. The largest absolute Gasteiger partial charge is 0.349 e. The first-order valence-corrected chi connectivity index (χ1v) is 5.32. The van der Waals surface area contributed by atoms with Crippen LogP contribution in [0.2, 0.25) is 0 Å². The monoisotopic (exact) mass is 192 g/mol. The minimum absolute atomic E-state index is 0.0142. The number of carbonyl (C=O) groups is 1. The summed E-state index contributed by atoms with van der Waals surface area (Å²) in [5.41, 5.74) is 5.21. The van der Waals surface area contributed by atoms with Gasteiger partial charge in [-0.1, -0.05) is 0 Å². The first kappa shape index (κ1) is 11.6. The molecule has 1 atom stereocenters. The van der Waals surface area contributed by atoms with Crippen LogP contribution in [0.4, 0.5) is 0 Å². The lowest BCUT2D eigenvalue weighted by molar-refractivity contribution is -0.128. The minimum Gasteiger partial charge on any atom is -0.349 e. The Morgan fingerprint density at radius 3 is 2.42 bits per heavy atom. The molecule has 0 aliphatic carbocycles. The fraction of sp³-hybridized carbons (Fsp3) is 0.857. The maximum atomic E-state index is 11.0. The third kappa shape index (κ3) is 5.26. The maximum Gasteiger partial charge on any atom is 0.222 e. The first-order chi connectivity index (χ1) is 5.57. The zero-order valence-corrected chi connectivity index (χ0v) is 8.39. The lowest BCUT2D eigenvalue weighted by Crippen LogP contribution is -2.24. The zero-order valence-electron chi connectivity index (χ0n) is 7.58. The molecule has 0 saturated heterocycles. The van der Waals surface area contributed by atoms with Gasteiger partial charge in [-0.25, -0.2) is 0 Å². The average Bonchev–Trinajstić information content (AvgIpc) is 2.00. The molecule has 1 amide bonds. The Balaban J connectivity index is 3.54. The van der Waals surface area contributed by atoms with Gasteiger partial charge in [0.25, 0.3) is 0 Å². The van der Waals surface area contributed by atoms with Crippen molar-refractivity contribution in [2.24, 2.45) is 5.73 Å². The average molecular weight is 192 g/mol. The summed E-state index contributed by atoms with van der Waals surface area (Å²) in [6.07, 6.45) is 0.347. The molecule has 0 fully saturated rings. The number of rotatable bonds is 5. The molecule has 0 bridgehead atoms. The van der Waals surface area contributed by atoms with Crippen LogP contribution in [0.1, 0.15) is 6.42 Å². The van der Waals surface area contributed by atoms with Gasteiger partial charge in [-0.2, -0.15) is 0 Å². The van der Waals surface area contributed by atoms with E-state index in [4.69, 9.17) is 5.73 Å². The van der Waals surface area contributed by atoms with Gasteiger partial charge >= 0.3 is 0 Å². The van der Waals surface area contributed by atoms with Gasteiger partial charge in [-0.15, -0.1) is 0 Å². The molecule has 0 aromatic rings. The molecule has 0 rings (SSSR count). The van der Waals surface area contributed by atoms with Crippen molar-refractivity contribution < 1.29 is 9.00 Å². The van der Waals surface area contributed by atoms with Crippen LogP contribution in [0.15, 0.2) is 0 Å². The van der Waals surface area contributed by atoms with E-state index in [1.165, 1.54) is 4.90 Å². The Hall–Kier alpha value is -0.420. The summed E-state index contributed by atoms with van der Waals surface area (Å²) < 4.78 is 11.0. The predicted molar refractivity (Wildman–Crippen MR) is 50.2 cm³/mol. The molecular formula is C7H16N2O2S. The molecule has 5 heteroatoms. The molecule has 4 nitrogen and oxygen atoms in total. The molecule has 0 heterocycles. The van der Waals surface area contributed by atoms with E-state index in [0.717, 1.165) is 0 Å². The van der Waals surface area contributed by atoms with E-state index < -0.39 is 10.8 Å². The van der Waals surface area contributed by atoms with Crippen LogP contribution >= 0.6 is 0 Å². The third-order valence-electron chi connectivity index (χ3n) is 1.39. The van der Waals surface area contributed by atoms with E-state index in [1.807, 2.05) is 0 Å². The van der Waals surface area contributed by atoms with Crippen LogP contribution in [0, 0.1) is 0 Å². The van der Waals surface area contributed by atoms with Crippen molar-refractivity contribution in [2.75, 3.05) is 32.1 Å². The number of hydrogen-bond donors (Lipinski definition) is 1. The zero-order chi connectivity index (χ0) is 9.56. The molecule has 72 valence electrons. The highest BCUT2D eigenvalue weighted by Gasteiger charge is 2.06. The minimum atomic E-state index is -0.930. The van der Waals surface area contributed by atoms with Crippen molar-refractivity contribution in [1.29, 1.82) is 0 Å². The Morgan fingerprint density at radius 2 is 2.00 bits per heavy atom. The van der Waals surface area contributed by atoms with Gasteiger partial charge < -0.3 is 10.6 Å². The Labute approximate surface area is 75.6 Å². The molecule has 2 N–H and O–H groups in total. The SMILES string of the molecule is CN(C)C(=O)CCS(=O)CCN. The van der Waals surface area contributed by atoms with Gasteiger partial charge in [-0.3, -0.25) is 9.00 Å². The first-order valence-electron chi connectivity index (χ1n) is 3.83. The third-order valence-corrected chi connectivity index (χ3v) is 2.74. The smallest absolute Gasteiger partial charge is 0.222 e. The lowest BCUT2D eigenvalue weighted by Gasteiger charge is -2.09. The van der Waals surface area contributed by atoms with Crippen molar-refractivity contribution in [3.63, 3.8) is 0 Å². The summed E-state index contributed by atoms with van der Waals surface area (Å²) in [7, 11) is 2.45. The molecule has 12 heavy (non-hydrogen) atoms. The van der Waals surface area contributed by atoms with Gasteiger partial charge in [0, 0.05) is 49.4 Å². The van der Waals surface area contributed by atoms with Crippen LogP contribution < -0.4 is 5.73 Å². The summed E-state index contributed by atoms with van der Waals surface area (Å²) in [6, 6.07) is 0. The van der Waals surface area contributed by atoms with E-state index in [2.05, 4.69) is 0 Å². The van der Waals surface area contributed by atoms with Crippen LogP contribution in [-0.4, -0.2) is 47.2 Å². The van der Waals surface area contributed by atoms with E-state index in [9.17, 15) is 9.00 Å². The predicted octanol–water partition coefficient (Wildman–Crippen LogP) is -0.828. The van der Waals surface area contributed by atoms with Crippen LogP contribution in [0.25, 0.3) is 0 Å². The van der Waals surface area contributed by atoms with Crippen molar-refractivity contribution >= 4 is 16.7 Å². The summed E-state index contributed by atoms with van der Waals surface area (Å²) in [5, 5.41) is 0. The van der Waals surface area contributed by atoms with Gasteiger partial charge in [-0.05, 0) is 0 Å². The summed E-state index contributed by atoms with van der Waals surface area (Å²) in [5.74, 6) is 0.926. The number of carbonyl (C=O) groups excluding carboxylic acids is 1. The Bertz CT molecular complexity index is 171. The number of hydrogen-bond acceptors (Lipinski definition) is 3. The number of nitrogens with two attached hydrogens (primary N) is 1. The number of amides is 1. The van der Waals surface area contributed by atoms with Gasteiger partial charge in [0.15, 0.2) is 0 Å². The molecule has 0 aliphatic heterocycles. The van der Waals surface area contributed by atoms with Crippen LogP contribution in [0.3, 0.4) is 0 Å². The van der Waals surface area contributed by atoms with Crippen molar-refractivity contribution in [3.8, 4) is 0 Å². The summed E-state index contributed by atoms with van der Waals surface area (Å²) >= 11 is 0. The lowest BCUT2D eigenvalue weighted by atomic mass is 10.4. The topological polar surface area (TPSA) is 63.4 Å². The Kier molecular flexibility index (Phi) is 5.92. The second-order valence-electron chi connectivity index (χ2n) is 2.67. The molecule has 0 aromatic carbocycles. The standard InChI is InChI=1S/C7H16N2O2S/c1-9(2)7(10)3-5-12(11)6-4-8/h3-6,8H2,1-2H3. The quantitative estimate of drug-likeness (QED) is 0.618. The fourth-order valence-corrected chi connectivity index (χ4v) is 1.53. The van der Waals surface area contributed by atoms with Crippen LogP contribution in [-0.2, 0) is 15.6 Å².